The van der Waals surface area contributed by atoms with Crippen LogP contribution in [0.15, 0.2) is 54.6 Å². The minimum Gasteiger partial charge on any atom is -0.497 e. The van der Waals surface area contributed by atoms with E-state index in [1.54, 1.807) is 31.4 Å². The molecule has 1 aromatic heterocycles. The number of methoxy groups -OCH3 is 1. The van der Waals surface area contributed by atoms with E-state index in [0.29, 0.717) is 10.7 Å². The average Bonchev–Trinajstić information content (AvgIpc) is 3.06. The molecule has 0 aliphatic rings. The van der Waals surface area contributed by atoms with Crippen LogP contribution < -0.4 is 15.4 Å². The smallest absolute Gasteiger partial charge is 0.251 e. The monoisotopic (exact) mass is 381 g/mol. The molecule has 0 fully saturated rings. The highest BCUT2D eigenvalue weighted by atomic mass is 32.1. The Morgan fingerprint density at radius 1 is 1.07 bits per heavy atom. The molecule has 138 valence electrons. The molecule has 3 rings (SSSR count). The van der Waals surface area contributed by atoms with Crippen molar-refractivity contribution in [2.75, 3.05) is 19.0 Å². The number of nitrogens with zero attached hydrogens (tertiary/aromatic N) is 1. The maximum atomic E-state index is 12.1. The van der Waals surface area contributed by atoms with Gasteiger partial charge in [0, 0.05) is 16.0 Å². The van der Waals surface area contributed by atoms with Crippen LogP contribution in [0.5, 0.6) is 5.75 Å². The minimum absolute atomic E-state index is 0.121. The van der Waals surface area contributed by atoms with Crippen molar-refractivity contribution < 1.29 is 14.3 Å². The van der Waals surface area contributed by atoms with E-state index in [-0.39, 0.29) is 18.4 Å². The summed E-state index contributed by atoms with van der Waals surface area (Å²) in [5.41, 5.74) is 2.27. The topological polar surface area (TPSA) is 80.3 Å². The molecule has 2 N–H and O–H groups in total. The van der Waals surface area contributed by atoms with Gasteiger partial charge in [-0.25, -0.2) is 4.98 Å². The Bertz CT molecular complexity index is 937. The molecule has 0 saturated carbocycles. The zero-order chi connectivity index (χ0) is 19.2. The van der Waals surface area contributed by atoms with Gasteiger partial charge in [-0.2, -0.15) is 0 Å². The molecular weight excluding hydrogens is 362 g/mol. The molecular formula is C20H19N3O3S. The number of nitrogens with one attached hydrogen (secondary N) is 2. The van der Waals surface area contributed by atoms with Crippen LogP contribution in [0.3, 0.4) is 0 Å². The Morgan fingerprint density at radius 2 is 1.78 bits per heavy atom. The van der Waals surface area contributed by atoms with Crippen LogP contribution in [0.25, 0.3) is 11.3 Å². The molecule has 3 aromatic rings. The molecule has 0 atom stereocenters. The molecule has 0 saturated heterocycles. The zero-order valence-corrected chi connectivity index (χ0v) is 15.8. The van der Waals surface area contributed by atoms with Gasteiger partial charge in [-0.15, -0.1) is 11.3 Å². The number of hydrogen-bond donors (Lipinski definition) is 2. The molecule has 27 heavy (non-hydrogen) atoms. The summed E-state index contributed by atoms with van der Waals surface area (Å²) in [5.74, 6) is 0.156. The summed E-state index contributed by atoms with van der Waals surface area (Å²) in [6, 6.07) is 16.3. The number of aryl methyl sites for hydroxylation is 1. The molecule has 0 aliphatic heterocycles. The predicted molar refractivity (Wildman–Crippen MR) is 106 cm³/mol. The first-order chi connectivity index (χ1) is 13.1. The Hall–Kier alpha value is -3.19. The van der Waals surface area contributed by atoms with Crippen molar-refractivity contribution in [1.82, 2.24) is 10.3 Å². The van der Waals surface area contributed by atoms with E-state index in [1.165, 1.54) is 11.3 Å². The van der Waals surface area contributed by atoms with Gasteiger partial charge in [-0.3, -0.25) is 9.59 Å². The van der Waals surface area contributed by atoms with Gasteiger partial charge in [0.15, 0.2) is 5.13 Å². The second-order valence-corrected chi connectivity index (χ2v) is 6.95. The quantitative estimate of drug-likeness (QED) is 0.685. The number of carbonyl (C=O) groups excluding carboxylic acids is 2. The normalized spacial score (nSPS) is 10.3. The lowest BCUT2D eigenvalue weighted by Gasteiger charge is -2.05. The molecule has 2 amide bonds. The summed E-state index contributed by atoms with van der Waals surface area (Å²) in [4.78, 5) is 29.6. The first-order valence-electron chi connectivity index (χ1n) is 8.32. The lowest BCUT2D eigenvalue weighted by atomic mass is 10.1. The minimum atomic E-state index is -0.325. The molecule has 0 spiro atoms. The Labute approximate surface area is 161 Å². The number of anilines is 1. The summed E-state index contributed by atoms with van der Waals surface area (Å²) in [5, 5.41) is 5.83. The largest absolute Gasteiger partial charge is 0.497 e. The highest BCUT2D eigenvalue weighted by Gasteiger charge is 2.13. The van der Waals surface area contributed by atoms with Crippen molar-refractivity contribution in [3.63, 3.8) is 0 Å². The van der Waals surface area contributed by atoms with E-state index >= 15 is 0 Å². The number of rotatable bonds is 6. The van der Waals surface area contributed by atoms with E-state index in [1.807, 2.05) is 37.3 Å². The van der Waals surface area contributed by atoms with Gasteiger partial charge in [0.25, 0.3) is 5.91 Å². The number of hydrogen-bond acceptors (Lipinski definition) is 5. The van der Waals surface area contributed by atoms with Crippen LogP contribution in [0.1, 0.15) is 15.2 Å². The molecule has 0 radical (unpaired) electrons. The molecule has 7 heteroatoms. The van der Waals surface area contributed by atoms with Crippen LogP contribution in [0.4, 0.5) is 5.13 Å². The maximum absolute atomic E-state index is 12.1. The van der Waals surface area contributed by atoms with E-state index in [0.717, 1.165) is 21.9 Å². The maximum Gasteiger partial charge on any atom is 0.251 e. The van der Waals surface area contributed by atoms with Gasteiger partial charge in [-0.05, 0) is 43.3 Å². The van der Waals surface area contributed by atoms with Crippen molar-refractivity contribution in [1.29, 1.82) is 0 Å². The van der Waals surface area contributed by atoms with Crippen LogP contribution in [0.2, 0.25) is 0 Å². The number of carbonyl (C=O) groups is 2. The molecule has 6 nitrogen and oxygen atoms in total. The van der Waals surface area contributed by atoms with Gasteiger partial charge >= 0.3 is 0 Å². The first-order valence-corrected chi connectivity index (χ1v) is 9.13. The number of aromatic nitrogens is 1. The standard InChI is InChI=1S/C20H19N3O3S/c1-13-18(14-8-10-16(26-2)11-9-14)23-20(27-13)22-17(24)12-21-19(25)15-6-4-3-5-7-15/h3-11H,12H2,1-2H3,(H,21,25)(H,22,23,24). The third kappa shape index (κ3) is 4.71. The van der Waals surface area contributed by atoms with Crippen LogP contribution >= 0.6 is 11.3 Å². The van der Waals surface area contributed by atoms with Crippen LogP contribution in [-0.4, -0.2) is 30.5 Å². The van der Waals surface area contributed by atoms with E-state index < -0.39 is 0 Å². The van der Waals surface area contributed by atoms with E-state index in [9.17, 15) is 9.59 Å². The number of benzene rings is 2. The molecule has 2 aromatic carbocycles. The molecule has 0 bridgehead atoms. The highest BCUT2D eigenvalue weighted by molar-refractivity contribution is 7.16. The van der Waals surface area contributed by atoms with E-state index in [4.69, 9.17) is 4.74 Å². The van der Waals surface area contributed by atoms with Crippen molar-refractivity contribution >= 4 is 28.3 Å². The van der Waals surface area contributed by atoms with Gasteiger partial charge < -0.3 is 15.4 Å². The molecule has 1 heterocycles. The second kappa shape index (κ2) is 8.46. The number of ether oxygens (including phenoxy) is 1. The zero-order valence-electron chi connectivity index (χ0n) is 15.0. The van der Waals surface area contributed by atoms with Gasteiger partial charge in [0.05, 0.1) is 19.3 Å². The van der Waals surface area contributed by atoms with Crippen molar-refractivity contribution in [3.8, 4) is 17.0 Å². The SMILES string of the molecule is COc1ccc(-c2nc(NC(=O)CNC(=O)c3ccccc3)sc2C)cc1. The summed E-state index contributed by atoms with van der Waals surface area (Å²) in [6.45, 7) is 1.83. The highest BCUT2D eigenvalue weighted by Crippen LogP contribution is 2.31. The summed E-state index contributed by atoms with van der Waals surface area (Å²) >= 11 is 1.39. The number of amides is 2. The molecule has 0 unspecified atom stereocenters. The second-order valence-electron chi connectivity index (χ2n) is 5.75. The van der Waals surface area contributed by atoms with Crippen LogP contribution in [-0.2, 0) is 4.79 Å². The van der Waals surface area contributed by atoms with Crippen LogP contribution in [0, 0.1) is 6.92 Å². The van der Waals surface area contributed by atoms with Crippen molar-refractivity contribution in [2.45, 2.75) is 6.92 Å². The molecule has 0 aliphatic carbocycles. The fourth-order valence-electron chi connectivity index (χ4n) is 2.48. The number of thiazole rings is 1. The lowest BCUT2D eigenvalue weighted by Crippen LogP contribution is -2.32. The summed E-state index contributed by atoms with van der Waals surface area (Å²) < 4.78 is 5.16. The Balaban J connectivity index is 1.60. The fourth-order valence-corrected chi connectivity index (χ4v) is 3.33. The van der Waals surface area contributed by atoms with Crippen molar-refractivity contribution in [3.05, 3.63) is 65.0 Å². The predicted octanol–water partition coefficient (Wildman–Crippen LogP) is 3.50. The lowest BCUT2D eigenvalue weighted by molar-refractivity contribution is -0.115. The summed E-state index contributed by atoms with van der Waals surface area (Å²) in [7, 11) is 1.62. The Morgan fingerprint density at radius 3 is 2.44 bits per heavy atom. The summed E-state index contributed by atoms with van der Waals surface area (Å²) in [6.07, 6.45) is 0. The third-order valence-electron chi connectivity index (χ3n) is 3.85. The average molecular weight is 381 g/mol. The van der Waals surface area contributed by atoms with Gasteiger partial charge in [0.1, 0.15) is 5.75 Å². The van der Waals surface area contributed by atoms with Gasteiger partial charge in [0.2, 0.25) is 5.91 Å². The van der Waals surface area contributed by atoms with Gasteiger partial charge in [-0.1, -0.05) is 18.2 Å². The third-order valence-corrected chi connectivity index (χ3v) is 4.74. The van der Waals surface area contributed by atoms with E-state index in [2.05, 4.69) is 15.6 Å². The first kappa shape index (κ1) is 18.6. The fraction of sp³-hybridized carbons (Fsp3) is 0.150. The van der Waals surface area contributed by atoms with Crippen molar-refractivity contribution in [2.24, 2.45) is 0 Å². The Kier molecular flexibility index (Phi) is 5.83.